The topological polar surface area (TPSA) is 82.2 Å². The Morgan fingerprint density at radius 1 is 0.960 bits per heavy atom. The Labute approximate surface area is 144 Å². The van der Waals surface area contributed by atoms with Crippen molar-refractivity contribution in [1.82, 2.24) is 19.9 Å². The van der Waals surface area contributed by atoms with E-state index in [4.69, 9.17) is 0 Å². The normalized spacial score (nSPS) is 14.7. The summed E-state index contributed by atoms with van der Waals surface area (Å²) in [6.45, 7) is 2.17. The Hall–Kier alpha value is -3.22. The molecule has 126 valence electrons. The van der Waals surface area contributed by atoms with Crippen molar-refractivity contribution in [3.63, 3.8) is 0 Å². The van der Waals surface area contributed by atoms with Gasteiger partial charge in [-0.1, -0.05) is 18.2 Å². The number of nitrogens with zero attached hydrogens (tertiary/aromatic N) is 4. The summed E-state index contributed by atoms with van der Waals surface area (Å²) in [4.78, 5) is 40.3. The molecule has 0 atom stereocenters. The minimum atomic E-state index is -0.470. The largest absolute Gasteiger partial charge is 0.360 e. The zero-order valence-corrected chi connectivity index (χ0v) is 13.6. The van der Waals surface area contributed by atoms with E-state index < -0.39 is 11.7 Å². The average Bonchev–Trinajstić information content (AvgIpc) is 3.12. The number of aromatic nitrogens is 3. The van der Waals surface area contributed by atoms with Gasteiger partial charge in [0.25, 0.3) is 11.7 Å². The van der Waals surface area contributed by atoms with Gasteiger partial charge >= 0.3 is 0 Å². The Morgan fingerprint density at radius 3 is 2.44 bits per heavy atom. The van der Waals surface area contributed by atoms with Gasteiger partial charge in [0.15, 0.2) is 0 Å². The zero-order valence-electron chi connectivity index (χ0n) is 13.6. The molecule has 1 fully saturated rings. The number of ketones is 1. The lowest BCUT2D eigenvalue weighted by atomic mass is 10.1. The molecule has 1 saturated heterocycles. The number of rotatable bonds is 3. The average molecular weight is 335 g/mol. The molecule has 0 aliphatic carbocycles. The van der Waals surface area contributed by atoms with Crippen molar-refractivity contribution in [2.75, 3.05) is 31.1 Å². The van der Waals surface area contributed by atoms with Gasteiger partial charge in [0, 0.05) is 55.7 Å². The highest BCUT2D eigenvalue weighted by Gasteiger charge is 2.28. The number of anilines is 1. The van der Waals surface area contributed by atoms with E-state index in [0.717, 1.165) is 10.9 Å². The summed E-state index contributed by atoms with van der Waals surface area (Å²) in [7, 11) is 0. The van der Waals surface area contributed by atoms with Gasteiger partial charge in [-0.3, -0.25) is 9.59 Å². The zero-order chi connectivity index (χ0) is 17.2. The van der Waals surface area contributed by atoms with Gasteiger partial charge in [0.1, 0.15) is 0 Å². The van der Waals surface area contributed by atoms with Gasteiger partial charge in [-0.15, -0.1) is 0 Å². The number of Topliss-reactive ketones (excluding diaryl/α,β-unsaturated/α-hetero) is 1. The molecule has 1 amide bonds. The molecule has 3 aromatic rings. The maximum Gasteiger partial charge on any atom is 0.295 e. The quantitative estimate of drug-likeness (QED) is 0.579. The highest BCUT2D eigenvalue weighted by atomic mass is 16.2. The fourth-order valence-electron chi connectivity index (χ4n) is 3.08. The van der Waals surface area contributed by atoms with Crippen LogP contribution in [0.15, 0.2) is 48.9 Å². The van der Waals surface area contributed by atoms with Crippen molar-refractivity contribution in [2.45, 2.75) is 0 Å². The Kier molecular flexibility index (Phi) is 3.89. The van der Waals surface area contributed by atoms with E-state index in [-0.39, 0.29) is 0 Å². The van der Waals surface area contributed by atoms with E-state index in [9.17, 15) is 9.59 Å². The monoisotopic (exact) mass is 335 g/mol. The van der Waals surface area contributed by atoms with Crippen LogP contribution in [-0.2, 0) is 4.79 Å². The minimum absolute atomic E-state index is 0.425. The summed E-state index contributed by atoms with van der Waals surface area (Å²) in [5.41, 5.74) is 1.28. The molecule has 0 saturated carbocycles. The maximum absolute atomic E-state index is 12.6. The number of carbonyl (C=O) groups is 2. The number of para-hydroxylation sites is 1. The van der Waals surface area contributed by atoms with Crippen molar-refractivity contribution >= 4 is 28.5 Å². The molecule has 2 aromatic heterocycles. The van der Waals surface area contributed by atoms with Crippen LogP contribution < -0.4 is 4.90 Å². The third-order valence-corrected chi connectivity index (χ3v) is 4.43. The van der Waals surface area contributed by atoms with E-state index in [1.54, 1.807) is 29.6 Å². The lowest BCUT2D eigenvalue weighted by molar-refractivity contribution is -0.126. The molecule has 0 radical (unpaired) electrons. The number of hydrogen-bond donors (Lipinski definition) is 1. The van der Waals surface area contributed by atoms with Crippen molar-refractivity contribution in [1.29, 1.82) is 0 Å². The lowest BCUT2D eigenvalue weighted by Gasteiger charge is -2.34. The molecule has 0 bridgehead atoms. The molecule has 3 heterocycles. The first-order valence-corrected chi connectivity index (χ1v) is 8.16. The van der Waals surface area contributed by atoms with Gasteiger partial charge in [-0.25, -0.2) is 9.97 Å². The predicted octanol–water partition coefficient (Wildman–Crippen LogP) is 1.49. The number of nitrogens with one attached hydrogen (secondary N) is 1. The molecule has 1 aliphatic heterocycles. The van der Waals surface area contributed by atoms with E-state index >= 15 is 0 Å². The highest BCUT2D eigenvalue weighted by Crippen LogP contribution is 2.19. The SMILES string of the molecule is O=C(C(=O)N1CCN(c2ncccn2)CC1)c1c[nH]c2ccccc12. The van der Waals surface area contributed by atoms with Crippen LogP contribution in [0.2, 0.25) is 0 Å². The predicted molar refractivity (Wildman–Crippen MR) is 93.5 cm³/mol. The molecule has 0 unspecified atom stereocenters. The van der Waals surface area contributed by atoms with E-state index in [0.29, 0.717) is 37.7 Å². The number of piperazine rings is 1. The van der Waals surface area contributed by atoms with Crippen molar-refractivity contribution in [3.05, 3.63) is 54.5 Å². The molecule has 4 rings (SSSR count). The fourth-order valence-corrected chi connectivity index (χ4v) is 3.08. The first-order chi connectivity index (χ1) is 12.2. The van der Waals surface area contributed by atoms with Crippen LogP contribution in [0.25, 0.3) is 10.9 Å². The van der Waals surface area contributed by atoms with Gasteiger partial charge in [-0.2, -0.15) is 0 Å². The molecule has 7 heteroatoms. The molecule has 7 nitrogen and oxygen atoms in total. The summed E-state index contributed by atoms with van der Waals surface area (Å²) >= 11 is 0. The van der Waals surface area contributed by atoms with Crippen LogP contribution in [0.4, 0.5) is 5.95 Å². The van der Waals surface area contributed by atoms with Crippen molar-refractivity contribution < 1.29 is 9.59 Å². The maximum atomic E-state index is 12.6. The van der Waals surface area contributed by atoms with E-state index in [2.05, 4.69) is 15.0 Å². The number of H-pyrrole nitrogens is 1. The van der Waals surface area contributed by atoms with Crippen molar-refractivity contribution in [3.8, 4) is 0 Å². The molecule has 25 heavy (non-hydrogen) atoms. The third kappa shape index (κ3) is 2.84. The van der Waals surface area contributed by atoms with Crippen LogP contribution >= 0.6 is 0 Å². The smallest absolute Gasteiger partial charge is 0.295 e. The Bertz CT molecular complexity index is 913. The molecule has 1 aliphatic rings. The number of amides is 1. The van der Waals surface area contributed by atoms with Gasteiger partial charge in [0.2, 0.25) is 5.95 Å². The Balaban J connectivity index is 1.46. The van der Waals surface area contributed by atoms with Gasteiger partial charge in [-0.05, 0) is 12.1 Å². The summed E-state index contributed by atoms with van der Waals surface area (Å²) in [5, 5.41) is 0.775. The number of fused-ring (bicyclic) bond motifs is 1. The van der Waals surface area contributed by atoms with Crippen LogP contribution in [0.3, 0.4) is 0 Å². The number of carbonyl (C=O) groups excluding carboxylic acids is 2. The first-order valence-electron chi connectivity index (χ1n) is 8.16. The number of hydrogen-bond acceptors (Lipinski definition) is 5. The lowest BCUT2D eigenvalue weighted by Crippen LogP contribution is -2.51. The minimum Gasteiger partial charge on any atom is -0.360 e. The standard InChI is InChI=1S/C18H17N5O2/c24-16(14-12-21-15-5-2-1-4-13(14)15)17(25)22-8-10-23(11-9-22)18-19-6-3-7-20-18/h1-7,12,21H,8-11H2. The van der Waals surface area contributed by atoms with Crippen LogP contribution in [0, 0.1) is 0 Å². The van der Waals surface area contributed by atoms with Crippen LogP contribution in [0.5, 0.6) is 0 Å². The van der Waals surface area contributed by atoms with E-state index in [1.807, 2.05) is 29.2 Å². The number of aromatic amines is 1. The van der Waals surface area contributed by atoms with Crippen LogP contribution in [-0.4, -0.2) is 57.7 Å². The van der Waals surface area contributed by atoms with E-state index in [1.165, 1.54) is 0 Å². The second-order valence-electron chi connectivity index (χ2n) is 5.91. The second kappa shape index (κ2) is 6.35. The molecular formula is C18H17N5O2. The summed E-state index contributed by atoms with van der Waals surface area (Å²) in [6, 6.07) is 9.24. The molecule has 0 spiro atoms. The fraction of sp³-hybridized carbons (Fsp3) is 0.222. The van der Waals surface area contributed by atoms with Gasteiger partial charge < -0.3 is 14.8 Å². The Morgan fingerprint density at radius 2 is 1.68 bits per heavy atom. The summed E-state index contributed by atoms with van der Waals surface area (Å²) in [6.07, 6.45) is 5.00. The third-order valence-electron chi connectivity index (χ3n) is 4.43. The van der Waals surface area contributed by atoms with Crippen molar-refractivity contribution in [2.24, 2.45) is 0 Å². The molecule has 1 aromatic carbocycles. The number of benzene rings is 1. The van der Waals surface area contributed by atoms with Crippen LogP contribution in [0.1, 0.15) is 10.4 Å². The molecule has 1 N–H and O–H groups in total. The summed E-state index contributed by atoms with van der Waals surface area (Å²) < 4.78 is 0. The van der Waals surface area contributed by atoms with Gasteiger partial charge in [0.05, 0.1) is 5.56 Å². The highest BCUT2D eigenvalue weighted by molar-refractivity contribution is 6.44. The first kappa shape index (κ1) is 15.3. The summed E-state index contributed by atoms with van der Waals surface area (Å²) in [5.74, 6) is -0.280. The second-order valence-corrected chi connectivity index (χ2v) is 5.91. The molecular weight excluding hydrogens is 318 g/mol.